The number of nitrogens with zero attached hydrogens (tertiary/aromatic N) is 1. The summed E-state index contributed by atoms with van der Waals surface area (Å²) in [7, 11) is 0. The molecule has 0 aliphatic carbocycles. The first kappa shape index (κ1) is 17.9. The second-order valence-electron chi connectivity index (χ2n) is 6.57. The standard InChI is InChI=1S/C22H19NO5/c1-14-16(12-22(25)26)17-11-19-20(28-10-9-27-19)13-18(17)23(14)21(24)8-7-15-5-3-2-4-6-15/h2-8,11,13H,9-10,12H2,1H3,(H,25,26)/b8-7+. The van der Waals surface area contributed by atoms with Gasteiger partial charge in [-0.3, -0.25) is 14.2 Å². The molecular weight excluding hydrogens is 358 g/mol. The largest absolute Gasteiger partial charge is 0.486 e. The zero-order valence-corrected chi connectivity index (χ0v) is 15.3. The molecule has 28 heavy (non-hydrogen) atoms. The molecule has 0 unspecified atom stereocenters. The molecule has 1 aliphatic heterocycles. The van der Waals surface area contributed by atoms with E-state index in [2.05, 4.69) is 0 Å². The van der Waals surface area contributed by atoms with Crippen molar-refractivity contribution in [2.24, 2.45) is 0 Å². The summed E-state index contributed by atoms with van der Waals surface area (Å²) >= 11 is 0. The molecule has 0 fully saturated rings. The van der Waals surface area contributed by atoms with Crippen LogP contribution >= 0.6 is 0 Å². The van der Waals surface area contributed by atoms with Crippen molar-refractivity contribution >= 4 is 28.9 Å². The normalized spacial score (nSPS) is 13.2. The van der Waals surface area contributed by atoms with Gasteiger partial charge in [-0.15, -0.1) is 0 Å². The molecule has 2 heterocycles. The van der Waals surface area contributed by atoms with Gasteiger partial charge < -0.3 is 14.6 Å². The van der Waals surface area contributed by atoms with Gasteiger partial charge in [0.05, 0.1) is 11.9 Å². The van der Waals surface area contributed by atoms with Gasteiger partial charge in [-0.1, -0.05) is 30.3 Å². The maximum atomic E-state index is 13.0. The molecule has 0 amide bonds. The highest BCUT2D eigenvalue weighted by Crippen LogP contribution is 2.38. The lowest BCUT2D eigenvalue weighted by molar-refractivity contribution is -0.136. The molecule has 1 aliphatic rings. The highest BCUT2D eigenvalue weighted by atomic mass is 16.6. The van der Waals surface area contributed by atoms with Gasteiger partial charge in [0.15, 0.2) is 11.5 Å². The summed E-state index contributed by atoms with van der Waals surface area (Å²) in [5.41, 5.74) is 2.72. The van der Waals surface area contributed by atoms with Gasteiger partial charge in [0.25, 0.3) is 5.91 Å². The third kappa shape index (κ3) is 3.24. The number of ether oxygens (including phenoxy) is 2. The Labute approximate surface area is 161 Å². The molecule has 1 N–H and O–H groups in total. The minimum atomic E-state index is -0.954. The van der Waals surface area contributed by atoms with Crippen LogP contribution in [-0.2, 0) is 11.2 Å². The Morgan fingerprint density at radius 3 is 2.46 bits per heavy atom. The lowest BCUT2D eigenvalue weighted by atomic mass is 10.1. The van der Waals surface area contributed by atoms with Gasteiger partial charge in [0, 0.05) is 23.2 Å². The van der Waals surface area contributed by atoms with Crippen LogP contribution in [0.1, 0.15) is 21.6 Å². The smallest absolute Gasteiger partial charge is 0.307 e. The summed E-state index contributed by atoms with van der Waals surface area (Å²) in [5, 5.41) is 10.0. The van der Waals surface area contributed by atoms with Crippen molar-refractivity contribution in [3.63, 3.8) is 0 Å². The van der Waals surface area contributed by atoms with Crippen LogP contribution in [0.4, 0.5) is 0 Å². The summed E-state index contributed by atoms with van der Waals surface area (Å²) in [4.78, 5) is 24.4. The van der Waals surface area contributed by atoms with E-state index in [9.17, 15) is 14.7 Å². The molecule has 6 nitrogen and oxygen atoms in total. The SMILES string of the molecule is Cc1c(CC(=O)O)c2cc3c(cc2n1C(=O)/C=C/c1ccccc1)OCCO3. The minimum Gasteiger partial charge on any atom is -0.486 e. The van der Waals surface area contributed by atoms with Crippen LogP contribution in [0, 0.1) is 6.92 Å². The summed E-state index contributed by atoms with van der Waals surface area (Å²) in [5.74, 6) is -0.0852. The van der Waals surface area contributed by atoms with Crippen LogP contribution in [-0.4, -0.2) is 34.8 Å². The van der Waals surface area contributed by atoms with E-state index in [1.807, 2.05) is 30.3 Å². The van der Waals surface area contributed by atoms with E-state index in [-0.39, 0.29) is 12.3 Å². The highest BCUT2D eigenvalue weighted by Gasteiger charge is 2.23. The maximum Gasteiger partial charge on any atom is 0.307 e. The number of rotatable bonds is 4. The van der Waals surface area contributed by atoms with Crippen molar-refractivity contribution < 1.29 is 24.2 Å². The molecule has 0 saturated carbocycles. The Kier molecular flexibility index (Phi) is 4.61. The highest BCUT2D eigenvalue weighted by molar-refractivity contribution is 6.04. The van der Waals surface area contributed by atoms with Crippen LogP contribution in [0.3, 0.4) is 0 Å². The molecule has 4 rings (SSSR count). The van der Waals surface area contributed by atoms with Gasteiger partial charge in [0.2, 0.25) is 0 Å². The zero-order chi connectivity index (χ0) is 19.7. The van der Waals surface area contributed by atoms with E-state index in [4.69, 9.17) is 9.47 Å². The summed E-state index contributed by atoms with van der Waals surface area (Å²) < 4.78 is 12.8. The molecule has 0 atom stereocenters. The van der Waals surface area contributed by atoms with Crippen molar-refractivity contribution in [1.82, 2.24) is 4.57 Å². The van der Waals surface area contributed by atoms with Crippen molar-refractivity contribution in [1.29, 1.82) is 0 Å². The maximum absolute atomic E-state index is 13.0. The third-order valence-electron chi connectivity index (χ3n) is 4.77. The average Bonchev–Trinajstić information content (AvgIpc) is 2.95. The summed E-state index contributed by atoms with van der Waals surface area (Å²) in [6, 6.07) is 13.0. The second kappa shape index (κ2) is 7.23. The lowest BCUT2D eigenvalue weighted by Gasteiger charge is -2.18. The van der Waals surface area contributed by atoms with Gasteiger partial charge in [-0.05, 0) is 30.2 Å². The molecule has 6 heteroatoms. The Bertz CT molecular complexity index is 1100. The number of aromatic nitrogens is 1. The number of fused-ring (bicyclic) bond motifs is 2. The van der Waals surface area contributed by atoms with Gasteiger partial charge in [-0.2, -0.15) is 0 Å². The first-order chi connectivity index (χ1) is 13.5. The topological polar surface area (TPSA) is 77.8 Å². The molecule has 0 bridgehead atoms. The first-order valence-electron chi connectivity index (χ1n) is 8.97. The van der Waals surface area contributed by atoms with Gasteiger partial charge >= 0.3 is 5.97 Å². The van der Waals surface area contributed by atoms with Gasteiger partial charge in [0.1, 0.15) is 13.2 Å². The molecule has 1 aromatic heterocycles. The molecule has 0 saturated heterocycles. The average molecular weight is 377 g/mol. The predicted octanol–water partition coefficient (Wildman–Crippen LogP) is 3.70. The molecule has 2 aromatic carbocycles. The number of benzene rings is 2. The lowest BCUT2D eigenvalue weighted by Crippen LogP contribution is -2.15. The fourth-order valence-electron chi connectivity index (χ4n) is 3.48. The quantitative estimate of drug-likeness (QED) is 0.702. The fourth-order valence-corrected chi connectivity index (χ4v) is 3.48. The Balaban J connectivity index is 1.84. The van der Waals surface area contributed by atoms with Crippen molar-refractivity contribution in [3.8, 4) is 11.5 Å². The fraction of sp³-hybridized carbons (Fsp3) is 0.182. The number of hydrogen-bond acceptors (Lipinski definition) is 4. The van der Waals surface area contributed by atoms with Crippen molar-refractivity contribution in [2.75, 3.05) is 13.2 Å². The third-order valence-corrected chi connectivity index (χ3v) is 4.77. The van der Waals surface area contributed by atoms with E-state index >= 15 is 0 Å². The molecule has 142 valence electrons. The Morgan fingerprint density at radius 1 is 1.11 bits per heavy atom. The van der Waals surface area contributed by atoms with E-state index in [1.54, 1.807) is 25.1 Å². The number of carbonyl (C=O) groups excluding carboxylic acids is 1. The number of hydrogen-bond donors (Lipinski definition) is 1. The van der Waals surface area contributed by atoms with Crippen molar-refractivity contribution in [2.45, 2.75) is 13.3 Å². The first-order valence-corrected chi connectivity index (χ1v) is 8.97. The summed E-state index contributed by atoms with van der Waals surface area (Å²) in [6.07, 6.45) is 3.05. The van der Waals surface area contributed by atoms with Crippen LogP contribution in [0.5, 0.6) is 11.5 Å². The van der Waals surface area contributed by atoms with Crippen LogP contribution in [0.2, 0.25) is 0 Å². The monoisotopic (exact) mass is 377 g/mol. The Morgan fingerprint density at radius 2 is 1.79 bits per heavy atom. The zero-order valence-electron chi connectivity index (χ0n) is 15.3. The molecular formula is C22H19NO5. The number of allylic oxidation sites excluding steroid dienone is 1. The van der Waals surface area contributed by atoms with Gasteiger partial charge in [-0.25, -0.2) is 0 Å². The van der Waals surface area contributed by atoms with E-state index in [0.717, 1.165) is 5.56 Å². The molecule has 3 aromatic rings. The Hall–Kier alpha value is -3.54. The van der Waals surface area contributed by atoms with E-state index in [1.165, 1.54) is 10.6 Å². The van der Waals surface area contributed by atoms with E-state index in [0.29, 0.717) is 46.9 Å². The minimum absolute atomic E-state index is 0.176. The summed E-state index contributed by atoms with van der Waals surface area (Å²) in [6.45, 7) is 2.63. The predicted molar refractivity (Wildman–Crippen MR) is 105 cm³/mol. The van der Waals surface area contributed by atoms with Crippen LogP contribution in [0.25, 0.3) is 17.0 Å². The van der Waals surface area contributed by atoms with Crippen molar-refractivity contribution in [3.05, 3.63) is 65.4 Å². The number of aliphatic carboxylic acids is 1. The number of carboxylic acids is 1. The molecule has 0 radical (unpaired) electrons. The van der Waals surface area contributed by atoms with Crippen LogP contribution < -0.4 is 9.47 Å². The van der Waals surface area contributed by atoms with E-state index < -0.39 is 5.97 Å². The number of carboxylic acid groups (broad SMARTS) is 1. The molecule has 0 spiro atoms. The van der Waals surface area contributed by atoms with Crippen LogP contribution in [0.15, 0.2) is 48.5 Å². The second-order valence-corrected chi connectivity index (χ2v) is 6.57. The number of carbonyl (C=O) groups is 2.